The maximum atomic E-state index is 4.64. The molecule has 1 rings (SSSR count). The zero-order valence-corrected chi connectivity index (χ0v) is 11.5. The molecule has 0 aromatic carbocycles. The van der Waals surface area contributed by atoms with Crippen LogP contribution in [0.3, 0.4) is 0 Å². The SMILES string of the molecule is CCCC/C=C(\CCCC)c1cccc(C)n1. The lowest BCUT2D eigenvalue weighted by Crippen LogP contribution is -1.92. The van der Waals surface area contributed by atoms with Gasteiger partial charge in [0.25, 0.3) is 0 Å². The lowest BCUT2D eigenvalue weighted by atomic mass is 10.0. The van der Waals surface area contributed by atoms with Gasteiger partial charge in [0.1, 0.15) is 0 Å². The summed E-state index contributed by atoms with van der Waals surface area (Å²) in [6.07, 6.45) is 9.79. The third kappa shape index (κ3) is 5.16. The van der Waals surface area contributed by atoms with Gasteiger partial charge in [0.05, 0.1) is 5.69 Å². The smallest absolute Gasteiger partial charge is 0.0661 e. The Morgan fingerprint density at radius 1 is 1.18 bits per heavy atom. The van der Waals surface area contributed by atoms with E-state index in [1.54, 1.807) is 0 Å². The summed E-state index contributed by atoms with van der Waals surface area (Å²) in [5.74, 6) is 0. The van der Waals surface area contributed by atoms with Gasteiger partial charge in [-0.1, -0.05) is 45.3 Å². The predicted octanol–water partition coefficient (Wildman–Crippen LogP) is 5.15. The van der Waals surface area contributed by atoms with Crippen LogP contribution in [0.25, 0.3) is 5.57 Å². The summed E-state index contributed by atoms with van der Waals surface area (Å²) >= 11 is 0. The minimum atomic E-state index is 1.11. The first-order valence-electron chi connectivity index (χ1n) is 6.91. The van der Waals surface area contributed by atoms with Crippen LogP contribution in [-0.2, 0) is 0 Å². The molecule has 94 valence electrons. The minimum Gasteiger partial charge on any atom is -0.253 e. The summed E-state index contributed by atoms with van der Waals surface area (Å²) < 4.78 is 0. The highest BCUT2D eigenvalue weighted by molar-refractivity contribution is 5.62. The number of aryl methyl sites for hydroxylation is 1. The molecule has 17 heavy (non-hydrogen) atoms. The Labute approximate surface area is 106 Å². The van der Waals surface area contributed by atoms with Crippen LogP contribution in [0.4, 0.5) is 0 Å². The van der Waals surface area contributed by atoms with E-state index >= 15 is 0 Å². The Bertz CT molecular complexity index is 352. The molecular weight excluding hydrogens is 206 g/mol. The van der Waals surface area contributed by atoms with Crippen LogP contribution in [0, 0.1) is 6.92 Å². The fourth-order valence-corrected chi connectivity index (χ4v) is 1.90. The van der Waals surface area contributed by atoms with Crippen molar-refractivity contribution in [2.75, 3.05) is 0 Å². The van der Waals surface area contributed by atoms with Crippen molar-refractivity contribution in [2.45, 2.75) is 59.3 Å². The summed E-state index contributed by atoms with van der Waals surface area (Å²) in [5, 5.41) is 0. The lowest BCUT2D eigenvalue weighted by Gasteiger charge is -2.07. The predicted molar refractivity (Wildman–Crippen MR) is 76.0 cm³/mol. The number of pyridine rings is 1. The average molecular weight is 231 g/mol. The van der Waals surface area contributed by atoms with E-state index in [-0.39, 0.29) is 0 Å². The fraction of sp³-hybridized carbons (Fsp3) is 0.562. The highest BCUT2D eigenvalue weighted by Gasteiger charge is 2.02. The largest absolute Gasteiger partial charge is 0.253 e. The van der Waals surface area contributed by atoms with Crippen molar-refractivity contribution in [1.82, 2.24) is 4.98 Å². The second kappa shape index (κ2) is 8.05. The Kier molecular flexibility index (Phi) is 6.61. The molecule has 0 N–H and O–H groups in total. The summed E-state index contributed by atoms with van der Waals surface area (Å²) in [6, 6.07) is 6.31. The number of hydrogen-bond donors (Lipinski definition) is 0. The summed E-state index contributed by atoms with van der Waals surface area (Å²) in [5.41, 5.74) is 3.72. The molecule has 0 unspecified atom stereocenters. The molecule has 0 aliphatic rings. The van der Waals surface area contributed by atoms with E-state index in [0.717, 1.165) is 12.1 Å². The van der Waals surface area contributed by atoms with E-state index in [9.17, 15) is 0 Å². The third-order valence-corrected chi connectivity index (χ3v) is 2.97. The average Bonchev–Trinajstić information content (AvgIpc) is 2.33. The molecule has 0 saturated heterocycles. The van der Waals surface area contributed by atoms with E-state index in [1.165, 1.54) is 43.4 Å². The van der Waals surface area contributed by atoms with Gasteiger partial charge >= 0.3 is 0 Å². The maximum Gasteiger partial charge on any atom is 0.0661 e. The molecule has 1 heteroatoms. The Hall–Kier alpha value is -1.11. The highest BCUT2D eigenvalue weighted by Crippen LogP contribution is 2.20. The molecule has 0 spiro atoms. The van der Waals surface area contributed by atoms with Gasteiger partial charge in [-0.15, -0.1) is 0 Å². The van der Waals surface area contributed by atoms with Crippen molar-refractivity contribution >= 4 is 5.57 Å². The number of aromatic nitrogens is 1. The van der Waals surface area contributed by atoms with Crippen molar-refractivity contribution in [3.63, 3.8) is 0 Å². The molecule has 0 saturated carbocycles. The van der Waals surface area contributed by atoms with Gasteiger partial charge in [0, 0.05) is 5.69 Å². The molecule has 0 aliphatic carbocycles. The van der Waals surface area contributed by atoms with Gasteiger partial charge in [-0.05, 0) is 43.9 Å². The number of allylic oxidation sites excluding steroid dienone is 2. The number of rotatable bonds is 7. The molecular formula is C16H25N. The van der Waals surface area contributed by atoms with E-state index < -0.39 is 0 Å². The van der Waals surface area contributed by atoms with Crippen molar-refractivity contribution in [3.8, 4) is 0 Å². The Balaban J connectivity index is 2.77. The first-order chi connectivity index (χ1) is 8.27. The van der Waals surface area contributed by atoms with E-state index in [2.05, 4.69) is 50.0 Å². The molecule has 0 amide bonds. The maximum absolute atomic E-state index is 4.64. The highest BCUT2D eigenvalue weighted by atomic mass is 14.7. The molecule has 1 nitrogen and oxygen atoms in total. The van der Waals surface area contributed by atoms with Gasteiger partial charge in [-0.3, -0.25) is 4.98 Å². The van der Waals surface area contributed by atoms with Crippen LogP contribution in [0.2, 0.25) is 0 Å². The van der Waals surface area contributed by atoms with E-state index in [4.69, 9.17) is 0 Å². The number of nitrogens with zero attached hydrogens (tertiary/aromatic N) is 1. The monoisotopic (exact) mass is 231 g/mol. The van der Waals surface area contributed by atoms with Crippen molar-refractivity contribution < 1.29 is 0 Å². The second-order valence-electron chi connectivity index (χ2n) is 4.64. The normalized spacial score (nSPS) is 11.8. The first-order valence-corrected chi connectivity index (χ1v) is 6.91. The second-order valence-corrected chi connectivity index (χ2v) is 4.64. The Morgan fingerprint density at radius 2 is 1.94 bits per heavy atom. The third-order valence-electron chi connectivity index (χ3n) is 2.97. The minimum absolute atomic E-state index is 1.11. The van der Waals surface area contributed by atoms with Crippen LogP contribution in [0.1, 0.15) is 63.8 Å². The molecule has 0 bridgehead atoms. The topological polar surface area (TPSA) is 12.9 Å². The molecule has 1 aromatic heterocycles. The zero-order valence-electron chi connectivity index (χ0n) is 11.5. The van der Waals surface area contributed by atoms with Crippen LogP contribution >= 0.6 is 0 Å². The van der Waals surface area contributed by atoms with Gasteiger partial charge in [-0.25, -0.2) is 0 Å². The van der Waals surface area contributed by atoms with Crippen molar-refractivity contribution in [1.29, 1.82) is 0 Å². The standard InChI is InChI=1S/C16H25N/c1-4-6-8-12-15(11-7-5-2)16-13-9-10-14(3)17-16/h9-10,12-13H,4-8,11H2,1-3H3/b15-12+. The molecule has 0 atom stereocenters. The quantitative estimate of drug-likeness (QED) is 0.591. The summed E-state index contributed by atoms with van der Waals surface area (Å²) in [7, 11) is 0. The van der Waals surface area contributed by atoms with Gasteiger partial charge < -0.3 is 0 Å². The van der Waals surface area contributed by atoms with Crippen LogP contribution in [-0.4, -0.2) is 4.98 Å². The first kappa shape index (κ1) is 14.0. The van der Waals surface area contributed by atoms with Crippen LogP contribution in [0.15, 0.2) is 24.3 Å². The lowest BCUT2D eigenvalue weighted by molar-refractivity contribution is 0.798. The summed E-state index contributed by atoms with van der Waals surface area (Å²) in [6.45, 7) is 6.55. The molecule has 1 heterocycles. The van der Waals surface area contributed by atoms with Crippen molar-refractivity contribution in [2.24, 2.45) is 0 Å². The van der Waals surface area contributed by atoms with Gasteiger partial charge in [-0.2, -0.15) is 0 Å². The molecule has 0 aliphatic heterocycles. The molecule has 0 fully saturated rings. The number of unbranched alkanes of at least 4 members (excludes halogenated alkanes) is 3. The molecule has 0 radical (unpaired) electrons. The molecule has 1 aromatic rings. The number of hydrogen-bond acceptors (Lipinski definition) is 1. The fourth-order valence-electron chi connectivity index (χ4n) is 1.90. The Morgan fingerprint density at radius 3 is 2.59 bits per heavy atom. The van der Waals surface area contributed by atoms with E-state index in [1.807, 2.05) is 0 Å². The van der Waals surface area contributed by atoms with E-state index in [0.29, 0.717) is 0 Å². The van der Waals surface area contributed by atoms with Crippen molar-refractivity contribution in [3.05, 3.63) is 35.7 Å². The van der Waals surface area contributed by atoms with Gasteiger partial charge in [0.15, 0.2) is 0 Å². The summed E-state index contributed by atoms with van der Waals surface area (Å²) in [4.78, 5) is 4.64. The van der Waals surface area contributed by atoms with Crippen LogP contribution < -0.4 is 0 Å². The zero-order chi connectivity index (χ0) is 12.5. The van der Waals surface area contributed by atoms with Gasteiger partial charge in [0.2, 0.25) is 0 Å². The van der Waals surface area contributed by atoms with Crippen LogP contribution in [0.5, 0.6) is 0 Å².